The second-order valence-corrected chi connectivity index (χ2v) is 4.62. The van der Waals surface area contributed by atoms with Gasteiger partial charge in [-0.3, -0.25) is 0 Å². The van der Waals surface area contributed by atoms with Gasteiger partial charge in [-0.25, -0.2) is 9.07 Å². The van der Waals surface area contributed by atoms with Gasteiger partial charge in [-0.2, -0.15) is 18.3 Å². The molecule has 7 heteroatoms. The lowest BCUT2D eigenvalue weighted by molar-refractivity contribution is -0.137. The third-order valence-electron chi connectivity index (χ3n) is 2.94. The van der Waals surface area contributed by atoms with Gasteiger partial charge in [-0.1, -0.05) is 6.92 Å². The lowest BCUT2D eigenvalue weighted by Gasteiger charge is -2.10. The summed E-state index contributed by atoms with van der Waals surface area (Å²) >= 11 is 0. The number of rotatable bonds is 5. The van der Waals surface area contributed by atoms with Crippen molar-refractivity contribution in [2.24, 2.45) is 0 Å². The number of nitrogens with zero attached hydrogens (tertiary/aromatic N) is 2. The highest BCUT2D eigenvalue weighted by Gasteiger charge is 2.32. The van der Waals surface area contributed by atoms with E-state index in [2.05, 4.69) is 10.4 Å². The Labute approximate surface area is 119 Å². The van der Waals surface area contributed by atoms with Crippen LogP contribution < -0.4 is 5.32 Å². The van der Waals surface area contributed by atoms with Gasteiger partial charge in [-0.15, -0.1) is 0 Å². The average molecular weight is 301 g/mol. The zero-order valence-electron chi connectivity index (χ0n) is 11.4. The Morgan fingerprint density at radius 2 is 2.05 bits per heavy atom. The van der Waals surface area contributed by atoms with Crippen LogP contribution in [0.3, 0.4) is 0 Å². The molecule has 2 rings (SSSR count). The van der Waals surface area contributed by atoms with E-state index in [-0.39, 0.29) is 0 Å². The zero-order chi connectivity index (χ0) is 15.5. The summed E-state index contributed by atoms with van der Waals surface area (Å²) in [4.78, 5) is 0. The first kappa shape index (κ1) is 15.5. The van der Waals surface area contributed by atoms with Crippen LogP contribution in [0, 0.1) is 5.82 Å². The van der Waals surface area contributed by atoms with Crippen LogP contribution in [0.15, 0.2) is 30.6 Å². The number of hydrogen-bond donors (Lipinski definition) is 1. The average Bonchev–Trinajstić information content (AvgIpc) is 2.88. The maximum atomic E-state index is 13.3. The van der Waals surface area contributed by atoms with Crippen molar-refractivity contribution in [1.82, 2.24) is 15.1 Å². The van der Waals surface area contributed by atoms with Gasteiger partial charge >= 0.3 is 6.18 Å². The topological polar surface area (TPSA) is 29.9 Å². The normalized spacial score (nSPS) is 11.9. The van der Waals surface area contributed by atoms with E-state index in [9.17, 15) is 17.6 Å². The van der Waals surface area contributed by atoms with Crippen LogP contribution in [0.25, 0.3) is 5.69 Å². The minimum atomic E-state index is -4.45. The largest absolute Gasteiger partial charge is 0.419 e. The maximum Gasteiger partial charge on any atom is 0.419 e. The lowest BCUT2D eigenvalue weighted by Crippen LogP contribution is -2.16. The van der Waals surface area contributed by atoms with Crippen molar-refractivity contribution in [3.8, 4) is 5.69 Å². The van der Waals surface area contributed by atoms with Crippen molar-refractivity contribution >= 4 is 0 Å². The molecular weight excluding hydrogens is 286 g/mol. The molecule has 1 N–H and O–H groups in total. The number of nitrogens with one attached hydrogen (secondary N) is 1. The van der Waals surface area contributed by atoms with Gasteiger partial charge in [0.1, 0.15) is 5.82 Å². The van der Waals surface area contributed by atoms with Crippen molar-refractivity contribution in [3.05, 3.63) is 47.5 Å². The molecule has 1 aromatic heterocycles. The van der Waals surface area contributed by atoms with E-state index in [4.69, 9.17) is 0 Å². The minimum absolute atomic E-state index is 0.363. The third-order valence-corrected chi connectivity index (χ3v) is 2.94. The van der Waals surface area contributed by atoms with Gasteiger partial charge in [0.2, 0.25) is 0 Å². The second-order valence-electron chi connectivity index (χ2n) is 4.62. The number of hydrogen-bond acceptors (Lipinski definition) is 2. The summed E-state index contributed by atoms with van der Waals surface area (Å²) in [5.74, 6) is -0.435. The fraction of sp³-hybridized carbons (Fsp3) is 0.357. The number of benzene rings is 1. The van der Waals surface area contributed by atoms with E-state index in [1.807, 2.05) is 6.92 Å². The highest BCUT2D eigenvalue weighted by molar-refractivity contribution is 5.41. The monoisotopic (exact) mass is 301 g/mol. The summed E-state index contributed by atoms with van der Waals surface area (Å²) in [6.07, 6.45) is -1.88. The van der Waals surface area contributed by atoms with Crippen LogP contribution in [-0.4, -0.2) is 16.3 Å². The van der Waals surface area contributed by atoms with E-state index in [0.717, 1.165) is 30.0 Å². The van der Waals surface area contributed by atoms with Gasteiger partial charge in [0.25, 0.3) is 0 Å². The Hall–Kier alpha value is -1.89. The first-order valence-electron chi connectivity index (χ1n) is 6.53. The first-order chi connectivity index (χ1) is 9.91. The SMILES string of the molecule is CCCNCc1cc(F)ccc1-n1cc(C(F)(F)F)cn1. The van der Waals surface area contributed by atoms with E-state index in [1.54, 1.807) is 0 Å². The summed E-state index contributed by atoms with van der Waals surface area (Å²) in [6, 6.07) is 3.92. The molecule has 0 amide bonds. The molecule has 114 valence electrons. The molecular formula is C14H15F4N3. The molecule has 0 aliphatic carbocycles. The first-order valence-corrected chi connectivity index (χ1v) is 6.53. The van der Waals surface area contributed by atoms with E-state index in [0.29, 0.717) is 17.8 Å². The smallest absolute Gasteiger partial charge is 0.313 e. The molecule has 0 bridgehead atoms. The Morgan fingerprint density at radius 1 is 1.29 bits per heavy atom. The Balaban J connectivity index is 2.32. The quantitative estimate of drug-likeness (QED) is 0.676. The van der Waals surface area contributed by atoms with Crippen LogP contribution >= 0.6 is 0 Å². The molecule has 0 fully saturated rings. The number of alkyl halides is 3. The van der Waals surface area contributed by atoms with Gasteiger partial charge < -0.3 is 5.32 Å². The predicted octanol–water partition coefficient (Wildman–Crippen LogP) is 3.53. The highest BCUT2D eigenvalue weighted by atomic mass is 19.4. The predicted molar refractivity (Wildman–Crippen MR) is 70.5 cm³/mol. The Kier molecular flexibility index (Phi) is 4.62. The lowest BCUT2D eigenvalue weighted by atomic mass is 10.1. The fourth-order valence-electron chi connectivity index (χ4n) is 1.92. The third kappa shape index (κ3) is 3.81. The molecule has 0 aliphatic heterocycles. The molecule has 2 aromatic rings. The zero-order valence-corrected chi connectivity index (χ0v) is 11.4. The summed E-state index contributed by atoms with van der Waals surface area (Å²) in [7, 11) is 0. The number of halogens is 4. The van der Waals surface area contributed by atoms with Gasteiger partial charge in [0, 0.05) is 12.7 Å². The van der Waals surface area contributed by atoms with Crippen LogP contribution in [0.4, 0.5) is 17.6 Å². The minimum Gasteiger partial charge on any atom is -0.313 e. The van der Waals surface area contributed by atoms with Crippen molar-refractivity contribution in [2.45, 2.75) is 26.1 Å². The molecule has 0 spiro atoms. The Bertz CT molecular complexity index is 605. The summed E-state index contributed by atoms with van der Waals surface area (Å²) in [5, 5.41) is 6.81. The highest BCUT2D eigenvalue weighted by Crippen LogP contribution is 2.29. The van der Waals surface area contributed by atoms with Gasteiger partial charge in [-0.05, 0) is 36.7 Å². The summed E-state index contributed by atoms with van der Waals surface area (Å²) in [6.45, 7) is 3.09. The molecule has 0 atom stereocenters. The van der Waals surface area contributed by atoms with Crippen molar-refractivity contribution in [2.75, 3.05) is 6.54 Å². The van der Waals surface area contributed by atoms with Gasteiger partial charge in [0.05, 0.1) is 17.4 Å². The summed E-state index contributed by atoms with van der Waals surface area (Å²) in [5.41, 5.74) is 0.148. The van der Waals surface area contributed by atoms with Crippen LogP contribution in [0.5, 0.6) is 0 Å². The van der Waals surface area contributed by atoms with Crippen molar-refractivity contribution < 1.29 is 17.6 Å². The van der Waals surface area contributed by atoms with Crippen LogP contribution in [0.2, 0.25) is 0 Å². The van der Waals surface area contributed by atoms with E-state index in [1.165, 1.54) is 18.2 Å². The Morgan fingerprint density at radius 3 is 2.67 bits per heavy atom. The second kappa shape index (κ2) is 6.26. The molecule has 0 saturated heterocycles. The molecule has 0 saturated carbocycles. The van der Waals surface area contributed by atoms with E-state index >= 15 is 0 Å². The fourth-order valence-corrected chi connectivity index (χ4v) is 1.92. The molecule has 0 radical (unpaired) electrons. The van der Waals surface area contributed by atoms with E-state index < -0.39 is 17.6 Å². The molecule has 1 aromatic carbocycles. The van der Waals surface area contributed by atoms with Crippen LogP contribution in [-0.2, 0) is 12.7 Å². The maximum absolute atomic E-state index is 13.3. The molecule has 1 heterocycles. The standard InChI is InChI=1S/C14H15F4N3/c1-2-5-19-7-10-6-12(15)3-4-13(10)21-9-11(8-20-21)14(16,17)18/h3-4,6,8-9,19H,2,5,7H2,1H3. The van der Waals surface area contributed by atoms with Crippen molar-refractivity contribution in [3.63, 3.8) is 0 Å². The van der Waals surface area contributed by atoms with Crippen molar-refractivity contribution in [1.29, 1.82) is 0 Å². The van der Waals surface area contributed by atoms with Gasteiger partial charge in [0.15, 0.2) is 0 Å². The molecule has 21 heavy (non-hydrogen) atoms. The molecule has 0 aliphatic rings. The summed E-state index contributed by atoms with van der Waals surface area (Å²) < 4.78 is 52.3. The van der Waals surface area contributed by atoms with Crippen LogP contribution in [0.1, 0.15) is 24.5 Å². The number of aromatic nitrogens is 2. The molecule has 0 unspecified atom stereocenters. The molecule has 3 nitrogen and oxygen atoms in total.